The fourth-order valence-corrected chi connectivity index (χ4v) is 1.70. The van der Waals surface area contributed by atoms with Gasteiger partial charge in [0.05, 0.1) is 5.56 Å². The number of alkyl halides is 6. The van der Waals surface area contributed by atoms with Crippen molar-refractivity contribution < 1.29 is 31.5 Å². The molecule has 0 bridgehead atoms. The Morgan fingerprint density at radius 3 is 2.32 bits per heavy atom. The number of rotatable bonds is 4. The number of Topliss-reactive ketones (excluding diaryl/α,β-unsaturated/α-hetero) is 1. The molecule has 0 amide bonds. The van der Waals surface area contributed by atoms with Crippen LogP contribution in [0.4, 0.5) is 22.0 Å². The average molecular weight is 347 g/mol. The summed E-state index contributed by atoms with van der Waals surface area (Å²) in [4.78, 5) is 10.0. The molecule has 0 aliphatic rings. The largest absolute Gasteiger partial charge is 0.434 e. The van der Waals surface area contributed by atoms with Gasteiger partial charge in [-0.15, -0.1) is 0 Å². The molecule has 106 valence electrons. The summed E-state index contributed by atoms with van der Waals surface area (Å²) in [5.41, 5.74) is -1.34. The van der Waals surface area contributed by atoms with E-state index < -0.39 is 34.7 Å². The van der Waals surface area contributed by atoms with Crippen LogP contribution in [0.15, 0.2) is 18.2 Å². The molecular formula is C11H8BrF5O2. The number of hydrogen-bond acceptors (Lipinski definition) is 2. The van der Waals surface area contributed by atoms with E-state index in [1.165, 1.54) is 0 Å². The molecular weight excluding hydrogens is 339 g/mol. The predicted molar refractivity (Wildman–Crippen MR) is 60.4 cm³/mol. The Bertz CT molecular complexity index is 473. The van der Waals surface area contributed by atoms with E-state index in [9.17, 15) is 26.7 Å². The van der Waals surface area contributed by atoms with Crippen LogP contribution in [0.3, 0.4) is 0 Å². The van der Waals surface area contributed by atoms with Crippen LogP contribution in [0.1, 0.15) is 22.9 Å². The zero-order valence-electron chi connectivity index (χ0n) is 9.47. The lowest BCUT2D eigenvalue weighted by Crippen LogP contribution is -2.11. The molecule has 0 N–H and O–H groups in total. The van der Waals surface area contributed by atoms with Crippen molar-refractivity contribution in [2.45, 2.75) is 24.5 Å². The van der Waals surface area contributed by atoms with Crippen LogP contribution >= 0.6 is 15.9 Å². The molecule has 0 saturated carbocycles. The fourth-order valence-electron chi connectivity index (χ4n) is 1.35. The van der Waals surface area contributed by atoms with Gasteiger partial charge in [-0.2, -0.15) is 22.0 Å². The smallest absolute Gasteiger partial charge is 0.416 e. The highest BCUT2D eigenvalue weighted by molar-refractivity contribution is 9.09. The first-order valence-electron chi connectivity index (χ1n) is 4.93. The Balaban J connectivity index is 3.30. The second kappa shape index (κ2) is 5.85. The highest BCUT2D eigenvalue weighted by Gasteiger charge is 2.32. The molecule has 8 heteroatoms. The first kappa shape index (κ1) is 15.9. The summed E-state index contributed by atoms with van der Waals surface area (Å²) in [6.45, 7) is -2.08. The van der Waals surface area contributed by atoms with Gasteiger partial charge in [0.2, 0.25) is 0 Å². The maximum atomic E-state index is 12.5. The van der Waals surface area contributed by atoms with Gasteiger partial charge in [-0.3, -0.25) is 4.79 Å². The molecule has 0 radical (unpaired) electrons. The summed E-state index contributed by atoms with van der Waals surface area (Å²) < 4.78 is 66.0. The van der Waals surface area contributed by atoms with Gasteiger partial charge in [-0.1, -0.05) is 15.9 Å². The minimum absolute atomic E-state index is 0.289. The van der Waals surface area contributed by atoms with Gasteiger partial charge < -0.3 is 4.74 Å². The topological polar surface area (TPSA) is 26.3 Å². The maximum Gasteiger partial charge on any atom is 0.416 e. The average Bonchev–Trinajstić information content (AvgIpc) is 2.26. The van der Waals surface area contributed by atoms with Gasteiger partial charge in [-0.05, 0) is 25.1 Å². The van der Waals surface area contributed by atoms with Gasteiger partial charge >= 0.3 is 12.8 Å². The molecule has 0 saturated heterocycles. The molecule has 0 spiro atoms. The van der Waals surface area contributed by atoms with E-state index in [-0.39, 0.29) is 5.56 Å². The Morgan fingerprint density at radius 2 is 1.89 bits per heavy atom. The molecule has 0 heterocycles. The molecule has 1 rings (SSSR count). The summed E-state index contributed by atoms with van der Waals surface area (Å²) in [5.74, 6) is -1.00. The third-order valence-corrected chi connectivity index (χ3v) is 3.32. The zero-order valence-corrected chi connectivity index (χ0v) is 11.1. The fraction of sp³-hybridized carbons (Fsp3) is 0.364. The molecule has 0 fully saturated rings. The standard InChI is InChI=1S/C11H8BrF5O2/c1-5(18)9(12)7-4-6(11(15,16)17)2-3-8(7)19-10(13)14/h2-4,9-10H,1H3. The van der Waals surface area contributed by atoms with Gasteiger partial charge in [0, 0.05) is 5.56 Å². The third kappa shape index (κ3) is 4.15. The van der Waals surface area contributed by atoms with Crippen LogP contribution in [0, 0.1) is 0 Å². The second-order valence-corrected chi connectivity index (χ2v) is 4.52. The van der Waals surface area contributed by atoms with E-state index in [2.05, 4.69) is 20.7 Å². The molecule has 0 aromatic heterocycles. The van der Waals surface area contributed by atoms with Crippen molar-refractivity contribution in [3.8, 4) is 5.75 Å². The van der Waals surface area contributed by atoms with Crippen LogP contribution in [-0.4, -0.2) is 12.4 Å². The van der Waals surface area contributed by atoms with Gasteiger partial charge in [-0.25, -0.2) is 0 Å². The highest BCUT2D eigenvalue weighted by Crippen LogP contribution is 2.38. The number of ketones is 1. The number of ether oxygens (including phenoxy) is 1. The second-order valence-electron chi connectivity index (χ2n) is 3.60. The quantitative estimate of drug-likeness (QED) is 0.599. The molecule has 0 aliphatic heterocycles. The Morgan fingerprint density at radius 1 is 1.32 bits per heavy atom. The van der Waals surface area contributed by atoms with E-state index >= 15 is 0 Å². The molecule has 19 heavy (non-hydrogen) atoms. The lowest BCUT2D eigenvalue weighted by atomic mass is 10.0. The van der Waals surface area contributed by atoms with E-state index in [1.54, 1.807) is 0 Å². The van der Waals surface area contributed by atoms with Gasteiger partial charge in [0.1, 0.15) is 16.4 Å². The number of carbonyl (C=O) groups excluding carboxylic acids is 1. The summed E-state index contributed by atoms with van der Waals surface area (Å²) >= 11 is 2.85. The number of benzene rings is 1. The third-order valence-electron chi connectivity index (χ3n) is 2.18. The van der Waals surface area contributed by atoms with Crippen molar-refractivity contribution >= 4 is 21.7 Å². The van der Waals surface area contributed by atoms with Crippen LogP contribution in [0.5, 0.6) is 5.75 Å². The van der Waals surface area contributed by atoms with Crippen LogP contribution < -0.4 is 4.74 Å². The summed E-state index contributed by atoms with van der Waals surface area (Å²) in [6.07, 6.45) is -4.64. The van der Waals surface area contributed by atoms with E-state index in [4.69, 9.17) is 0 Å². The maximum absolute atomic E-state index is 12.5. The number of halogens is 6. The zero-order chi connectivity index (χ0) is 14.8. The Labute approximate surface area is 113 Å². The van der Waals surface area contributed by atoms with Crippen LogP contribution in [-0.2, 0) is 11.0 Å². The van der Waals surface area contributed by atoms with Crippen molar-refractivity contribution in [1.29, 1.82) is 0 Å². The van der Waals surface area contributed by atoms with Crippen molar-refractivity contribution in [2.24, 2.45) is 0 Å². The SMILES string of the molecule is CC(=O)C(Br)c1cc(C(F)(F)F)ccc1OC(F)F. The first-order chi connectivity index (χ1) is 8.62. The molecule has 1 unspecified atom stereocenters. The molecule has 1 aromatic rings. The van der Waals surface area contributed by atoms with Gasteiger partial charge in [0.15, 0.2) is 0 Å². The van der Waals surface area contributed by atoms with Crippen LogP contribution in [0.25, 0.3) is 0 Å². The molecule has 1 aromatic carbocycles. The van der Waals surface area contributed by atoms with E-state index in [1.807, 2.05) is 0 Å². The lowest BCUT2D eigenvalue weighted by molar-refractivity contribution is -0.137. The summed E-state index contributed by atoms with van der Waals surface area (Å²) in [7, 11) is 0. The van der Waals surface area contributed by atoms with E-state index in [0.717, 1.165) is 13.0 Å². The summed E-state index contributed by atoms with van der Waals surface area (Å²) in [5, 5.41) is 0. The molecule has 2 nitrogen and oxygen atoms in total. The van der Waals surface area contributed by atoms with Crippen LogP contribution in [0.2, 0.25) is 0 Å². The molecule has 1 atom stereocenters. The van der Waals surface area contributed by atoms with E-state index in [0.29, 0.717) is 12.1 Å². The van der Waals surface area contributed by atoms with Crippen molar-refractivity contribution in [3.63, 3.8) is 0 Å². The van der Waals surface area contributed by atoms with Crippen molar-refractivity contribution in [1.82, 2.24) is 0 Å². The highest BCUT2D eigenvalue weighted by atomic mass is 79.9. The van der Waals surface area contributed by atoms with Gasteiger partial charge in [0.25, 0.3) is 0 Å². The monoisotopic (exact) mass is 346 g/mol. The lowest BCUT2D eigenvalue weighted by Gasteiger charge is -2.16. The minimum Gasteiger partial charge on any atom is -0.434 e. The molecule has 0 aliphatic carbocycles. The summed E-state index contributed by atoms with van der Waals surface area (Å²) in [6, 6.07) is 1.99. The Kier molecular flexibility index (Phi) is 4.89. The number of carbonyl (C=O) groups is 1. The van der Waals surface area contributed by atoms with Crippen molar-refractivity contribution in [3.05, 3.63) is 29.3 Å². The minimum atomic E-state index is -4.64. The normalized spacial score (nSPS) is 13.5. The first-order valence-corrected chi connectivity index (χ1v) is 5.85. The predicted octanol–water partition coefficient (Wildman–Crippen LogP) is 4.33. The number of hydrogen-bond donors (Lipinski definition) is 0. The Hall–Kier alpha value is -1.18. The van der Waals surface area contributed by atoms with Crippen molar-refractivity contribution in [2.75, 3.05) is 0 Å².